The molecule has 0 aliphatic carbocycles. The summed E-state index contributed by atoms with van der Waals surface area (Å²) in [6.45, 7) is 6.12. The number of hydrogen-bond donors (Lipinski definition) is 2. The minimum atomic E-state index is -0.748. The van der Waals surface area contributed by atoms with Crippen LogP contribution in [0.4, 0.5) is 5.69 Å². The van der Waals surface area contributed by atoms with Crippen molar-refractivity contribution in [1.29, 1.82) is 0 Å². The molecule has 134 valence electrons. The topological polar surface area (TPSA) is 84.0 Å². The Morgan fingerprint density at radius 2 is 1.69 bits per heavy atom. The molecule has 0 radical (unpaired) electrons. The van der Waals surface area contributed by atoms with Crippen molar-refractivity contribution < 1.29 is 4.79 Å². The maximum atomic E-state index is 12.4. The number of nitrogens with one attached hydrogen (secondary N) is 2. The first-order valence-electron chi connectivity index (χ1n) is 8.38. The van der Waals surface area contributed by atoms with Gasteiger partial charge in [0.25, 0.3) is 0 Å². The van der Waals surface area contributed by atoms with E-state index in [0.717, 1.165) is 5.56 Å². The SMILES string of the molecule is CC(C)(C)c1ccc(NC(=O)Cn2c(=O)c(=O)[nH]c3ccccc32)cc1. The van der Waals surface area contributed by atoms with Crippen molar-refractivity contribution in [2.45, 2.75) is 32.7 Å². The Morgan fingerprint density at radius 3 is 2.35 bits per heavy atom. The molecule has 0 bridgehead atoms. The van der Waals surface area contributed by atoms with Crippen molar-refractivity contribution in [2.24, 2.45) is 0 Å². The van der Waals surface area contributed by atoms with Gasteiger partial charge in [-0.15, -0.1) is 0 Å². The van der Waals surface area contributed by atoms with Gasteiger partial charge in [0.2, 0.25) is 5.91 Å². The van der Waals surface area contributed by atoms with E-state index < -0.39 is 11.1 Å². The number of amides is 1. The second-order valence-electron chi connectivity index (χ2n) is 7.24. The molecule has 0 atom stereocenters. The van der Waals surface area contributed by atoms with E-state index in [0.29, 0.717) is 16.7 Å². The number of carbonyl (C=O) groups excluding carboxylic acids is 1. The Bertz CT molecular complexity index is 1070. The van der Waals surface area contributed by atoms with Gasteiger partial charge in [-0.2, -0.15) is 0 Å². The minimum absolute atomic E-state index is 0.0276. The number of nitrogens with zero attached hydrogens (tertiary/aromatic N) is 1. The molecule has 1 aromatic heterocycles. The number of carbonyl (C=O) groups is 1. The number of para-hydroxylation sites is 2. The molecule has 6 nitrogen and oxygen atoms in total. The fraction of sp³-hybridized carbons (Fsp3) is 0.250. The van der Waals surface area contributed by atoms with Gasteiger partial charge in [0.1, 0.15) is 6.54 Å². The van der Waals surface area contributed by atoms with Gasteiger partial charge in [-0.25, -0.2) is 0 Å². The Morgan fingerprint density at radius 1 is 1.04 bits per heavy atom. The average molecular weight is 351 g/mol. The van der Waals surface area contributed by atoms with Gasteiger partial charge in [-0.1, -0.05) is 45.0 Å². The molecular weight excluding hydrogens is 330 g/mol. The van der Waals surface area contributed by atoms with E-state index in [1.807, 2.05) is 24.3 Å². The van der Waals surface area contributed by atoms with Crippen molar-refractivity contribution >= 4 is 22.6 Å². The van der Waals surface area contributed by atoms with Crippen LogP contribution in [0, 0.1) is 0 Å². The van der Waals surface area contributed by atoms with Crippen LogP contribution >= 0.6 is 0 Å². The Balaban J connectivity index is 1.85. The molecular formula is C20H21N3O3. The van der Waals surface area contributed by atoms with Crippen LogP contribution in [0.2, 0.25) is 0 Å². The zero-order chi connectivity index (χ0) is 18.9. The number of fused-ring (bicyclic) bond motifs is 1. The van der Waals surface area contributed by atoms with Gasteiger partial charge in [-0.05, 0) is 35.2 Å². The summed E-state index contributed by atoms with van der Waals surface area (Å²) in [7, 11) is 0. The summed E-state index contributed by atoms with van der Waals surface area (Å²) in [5.41, 5.74) is 1.36. The van der Waals surface area contributed by atoms with Crippen LogP contribution in [0.3, 0.4) is 0 Å². The molecule has 6 heteroatoms. The van der Waals surface area contributed by atoms with Crippen LogP contribution < -0.4 is 16.4 Å². The van der Waals surface area contributed by atoms with Gasteiger partial charge >= 0.3 is 11.1 Å². The van der Waals surface area contributed by atoms with Crippen LogP contribution in [0.25, 0.3) is 11.0 Å². The van der Waals surface area contributed by atoms with Gasteiger partial charge in [0.15, 0.2) is 0 Å². The fourth-order valence-corrected chi connectivity index (χ4v) is 2.78. The highest BCUT2D eigenvalue weighted by atomic mass is 16.2. The zero-order valence-corrected chi connectivity index (χ0v) is 15.0. The van der Waals surface area contributed by atoms with Crippen molar-refractivity contribution in [3.63, 3.8) is 0 Å². The molecule has 0 aliphatic rings. The number of benzene rings is 2. The third-order valence-electron chi connectivity index (χ3n) is 4.22. The molecule has 2 N–H and O–H groups in total. The van der Waals surface area contributed by atoms with Crippen LogP contribution in [-0.4, -0.2) is 15.5 Å². The summed E-state index contributed by atoms with van der Waals surface area (Å²) in [4.78, 5) is 38.9. The molecule has 1 amide bonds. The second kappa shape index (κ2) is 6.63. The fourth-order valence-electron chi connectivity index (χ4n) is 2.78. The van der Waals surface area contributed by atoms with Gasteiger partial charge in [0, 0.05) is 5.69 Å². The Kier molecular flexibility index (Phi) is 4.50. The third-order valence-corrected chi connectivity index (χ3v) is 4.22. The van der Waals surface area contributed by atoms with Crippen LogP contribution in [0.1, 0.15) is 26.3 Å². The second-order valence-corrected chi connectivity index (χ2v) is 7.24. The summed E-state index contributed by atoms with van der Waals surface area (Å²) in [5.74, 6) is -0.369. The standard InChI is InChI=1S/C20H21N3O3/c1-20(2,3)13-8-10-14(11-9-13)21-17(24)12-23-16-7-5-4-6-15(16)22-18(25)19(23)26/h4-11H,12H2,1-3H3,(H,21,24)(H,22,25). The van der Waals surface area contributed by atoms with Crippen molar-refractivity contribution in [3.05, 3.63) is 74.8 Å². The molecule has 0 fully saturated rings. The molecule has 2 aromatic carbocycles. The lowest BCUT2D eigenvalue weighted by Crippen LogP contribution is -2.38. The average Bonchev–Trinajstić information content (AvgIpc) is 2.58. The molecule has 0 aliphatic heterocycles. The molecule has 1 heterocycles. The number of aromatic amines is 1. The summed E-state index contributed by atoms with van der Waals surface area (Å²) < 4.78 is 1.19. The van der Waals surface area contributed by atoms with E-state index in [4.69, 9.17) is 0 Å². The van der Waals surface area contributed by atoms with Crippen molar-refractivity contribution in [3.8, 4) is 0 Å². The van der Waals surface area contributed by atoms with Gasteiger partial charge in [0.05, 0.1) is 11.0 Å². The van der Waals surface area contributed by atoms with E-state index in [1.54, 1.807) is 24.3 Å². The highest BCUT2D eigenvalue weighted by Gasteiger charge is 2.14. The summed E-state index contributed by atoms with van der Waals surface area (Å²) in [6.07, 6.45) is 0. The zero-order valence-electron chi connectivity index (χ0n) is 15.0. The number of H-pyrrole nitrogens is 1. The predicted molar refractivity (Wildman–Crippen MR) is 103 cm³/mol. The first kappa shape index (κ1) is 17.7. The van der Waals surface area contributed by atoms with Crippen molar-refractivity contribution in [2.75, 3.05) is 5.32 Å². The molecule has 26 heavy (non-hydrogen) atoms. The van der Waals surface area contributed by atoms with E-state index in [-0.39, 0.29) is 17.9 Å². The molecule has 0 spiro atoms. The first-order valence-corrected chi connectivity index (χ1v) is 8.38. The highest BCUT2D eigenvalue weighted by molar-refractivity contribution is 5.91. The van der Waals surface area contributed by atoms with Gasteiger partial charge in [-0.3, -0.25) is 19.0 Å². The van der Waals surface area contributed by atoms with Crippen molar-refractivity contribution in [1.82, 2.24) is 9.55 Å². The first-order chi connectivity index (χ1) is 12.3. The summed E-state index contributed by atoms with van der Waals surface area (Å²) in [6, 6.07) is 14.5. The van der Waals surface area contributed by atoms with Crippen LogP contribution in [-0.2, 0) is 16.8 Å². The Hall–Kier alpha value is -3.15. The van der Waals surface area contributed by atoms with Crippen LogP contribution in [0.15, 0.2) is 58.1 Å². The minimum Gasteiger partial charge on any atom is -0.325 e. The highest BCUT2D eigenvalue weighted by Crippen LogP contribution is 2.23. The largest absolute Gasteiger partial charge is 0.325 e. The van der Waals surface area contributed by atoms with E-state index >= 15 is 0 Å². The molecule has 0 unspecified atom stereocenters. The predicted octanol–water partition coefficient (Wildman–Crippen LogP) is 2.63. The lowest BCUT2D eigenvalue weighted by atomic mass is 9.87. The van der Waals surface area contributed by atoms with E-state index in [1.165, 1.54) is 4.57 Å². The number of aromatic nitrogens is 2. The maximum absolute atomic E-state index is 12.4. The summed E-state index contributed by atoms with van der Waals surface area (Å²) >= 11 is 0. The molecule has 3 rings (SSSR count). The normalized spacial score (nSPS) is 11.5. The molecule has 3 aromatic rings. The van der Waals surface area contributed by atoms with Gasteiger partial charge < -0.3 is 10.3 Å². The number of hydrogen-bond acceptors (Lipinski definition) is 3. The quantitative estimate of drug-likeness (QED) is 0.712. The maximum Gasteiger partial charge on any atom is 0.317 e. The summed E-state index contributed by atoms with van der Waals surface area (Å²) in [5, 5.41) is 2.77. The smallest absolute Gasteiger partial charge is 0.317 e. The lowest BCUT2D eigenvalue weighted by molar-refractivity contribution is -0.116. The number of rotatable bonds is 3. The monoisotopic (exact) mass is 351 g/mol. The lowest BCUT2D eigenvalue weighted by Gasteiger charge is -2.19. The molecule has 0 saturated heterocycles. The van der Waals surface area contributed by atoms with E-state index in [9.17, 15) is 14.4 Å². The third kappa shape index (κ3) is 3.59. The molecule has 0 saturated carbocycles. The van der Waals surface area contributed by atoms with Crippen LogP contribution in [0.5, 0.6) is 0 Å². The number of anilines is 1. The Labute approximate surface area is 150 Å². The van der Waals surface area contributed by atoms with E-state index in [2.05, 4.69) is 31.1 Å².